The van der Waals surface area contributed by atoms with Crippen molar-refractivity contribution in [1.82, 2.24) is 0 Å². The van der Waals surface area contributed by atoms with Gasteiger partial charge in [-0.05, 0) is 320 Å². The topological polar surface area (TPSA) is 208 Å². The Bertz CT molecular complexity index is 10000. The van der Waals surface area contributed by atoms with Gasteiger partial charge in [0.05, 0.1) is 82.9 Å². The largest absolute Gasteiger partial charge is 0.262 e. The second kappa shape index (κ2) is 32.4. The van der Waals surface area contributed by atoms with Crippen molar-refractivity contribution in [2.75, 3.05) is 0 Å². The molecule has 0 radical (unpaired) electrons. The van der Waals surface area contributed by atoms with Crippen LogP contribution in [0.15, 0.2) is 334 Å². The molecule has 0 saturated heterocycles. The van der Waals surface area contributed by atoms with Gasteiger partial charge in [-0.2, -0.15) is 42.1 Å². The number of fused-ring (bicyclic) bond motifs is 30. The summed E-state index contributed by atoms with van der Waals surface area (Å²) in [4.78, 5) is 14.2. The fourth-order valence-corrected chi connectivity index (χ4v) is 19.9. The predicted octanol–water partition coefficient (Wildman–Crippen LogP) is 32.3. The molecular weight excluding hydrogens is 1620 g/mol. The van der Waals surface area contributed by atoms with E-state index >= 15 is 0 Å². The van der Waals surface area contributed by atoms with Crippen molar-refractivity contribution in [1.29, 1.82) is 42.1 Å². The fraction of sp³-hybridized carbons (Fsp3) is 0.00826. The second-order valence-corrected chi connectivity index (χ2v) is 32.8. The Morgan fingerprint density at radius 2 is 0.496 bits per heavy atom. The summed E-state index contributed by atoms with van der Waals surface area (Å²) < 4.78 is 0. The van der Waals surface area contributed by atoms with Gasteiger partial charge in [-0.3, -0.25) is 14.5 Å². The highest BCUT2D eigenvalue weighted by atomic mass is 14.8. The first-order valence-electron chi connectivity index (χ1n) is 42.5. The smallest absolute Gasteiger partial charge is 0.205 e. The molecule has 0 bridgehead atoms. The third-order valence-corrected chi connectivity index (χ3v) is 25.9. The lowest BCUT2D eigenvalue weighted by Crippen LogP contribution is -1.94. The van der Waals surface area contributed by atoms with Crippen LogP contribution in [0.4, 0.5) is 22.7 Å². The first kappa shape index (κ1) is 80.0. The van der Waals surface area contributed by atoms with Crippen molar-refractivity contribution in [3.05, 3.63) is 429 Å². The van der Waals surface area contributed by atoms with E-state index in [0.29, 0.717) is 49.7 Å². The molecule has 602 valence electrons. The van der Waals surface area contributed by atoms with Crippen LogP contribution in [0.3, 0.4) is 0 Å². The van der Waals surface area contributed by atoms with Crippen LogP contribution in [-0.4, -0.2) is 0 Å². The molecule has 0 aliphatic heterocycles. The van der Waals surface area contributed by atoms with E-state index in [0.717, 1.165) is 146 Å². The Hall–Kier alpha value is -20.2. The van der Waals surface area contributed by atoms with Crippen LogP contribution < -0.4 is 0 Å². The minimum atomic E-state index is -0.138. The number of nitriles is 8. The molecule has 0 heterocycles. The Labute approximate surface area is 760 Å². The van der Waals surface area contributed by atoms with Gasteiger partial charge in [0, 0.05) is 0 Å². The number of rotatable bonds is 2. The van der Waals surface area contributed by atoms with Crippen LogP contribution in [0.2, 0.25) is 0 Å². The van der Waals surface area contributed by atoms with E-state index in [4.69, 9.17) is 26.3 Å². The second-order valence-electron chi connectivity index (χ2n) is 32.8. The summed E-state index contributed by atoms with van der Waals surface area (Å²) in [6.45, 7) is 32.8. The summed E-state index contributed by atoms with van der Waals surface area (Å²) in [7, 11) is 0. The molecule has 24 rings (SSSR count). The van der Waals surface area contributed by atoms with Gasteiger partial charge in [0.25, 0.3) is 0 Å². The lowest BCUT2D eigenvalue weighted by Gasteiger charge is -2.20. The van der Waals surface area contributed by atoms with Gasteiger partial charge in [0.15, 0.2) is 5.69 Å². The molecule has 0 unspecified atom stereocenters. The van der Waals surface area contributed by atoms with Crippen molar-refractivity contribution in [3.63, 3.8) is 0 Å². The first-order chi connectivity index (χ1) is 65.3. The summed E-state index contributed by atoms with van der Waals surface area (Å²) in [6.07, 6.45) is 0. The van der Waals surface area contributed by atoms with Crippen molar-refractivity contribution in [3.8, 4) is 70.8 Å². The molecule has 0 spiro atoms. The fourth-order valence-electron chi connectivity index (χ4n) is 19.9. The van der Waals surface area contributed by atoms with Gasteiger partial charge in [-0.1, -0.05) is 243 Å². The van der Waals surface area contributed by atoms with Gasteiger partial charge < -0.3 is 0 Å². The average molecular weight is 1680 g/mol. The molecular formula is C121H58N12. The normalized spacial score (nSPS) is 11.0. The van der Waals surface area contributed by atoms with E-state index in [9.17, 15) is 42.1 Å². The third kappa shape index (κ3) is 12.9. The minimum Gasteiger partial charge on any atom is -0.262 e. The van der Waals surface area contributed by atoms with Crippen LogP contribution in [0.5, 0.6) is 0 Å². The van der Waals surface area contributed by atoms with Crippen molar-refractivity contribution in [2.24, 2.45) is 0 Å². The maximum absolute atomic E-state index is 10.0. The molecule has 133 heavy (non-hydrogen) atoms. The molecule has 0 aliphatic rings. The van der Waals surface area contributed by atoms with Crippen LogP contribution in [0.1, 0.15) is 50.1 Å². The molecule has 0 aliphatic carbocycles. The summed E-state index contributed by atoms with van der Waals surface area (Å²) in [6, 6.07) is 131. The zero-order valence-electron chi connectivity index (χ0n) is 70.6. The predicted molar refractivity (Wildman–Crippen MR) is 539 cm³/mol. The number of benzene rings is 24. The van der Waals surface area contributed by atoms with Crippen molar-refractivity contribution in [2.45, 2.75) is 6.92 Å². The summed E-state index contributed by atoms with van der Waals surface area (Å²) >= 11 is 0. The molecule has 0 fully saturated rings. The Kier molecular flexibility index (Phi) is 19.5. The van der Waals surface area contributed by atoms with Crippen LogP contribution in [-0.2, 0) is 0 Å². The molecule has 0 aromatic heterocycles. The SMILES string of the molecule is N#Cc1cc2c(cc1C#N)c1ccc3ccccc3c1c1cc3ccccc3cc21.N#Cc1cc2c3cc4ccccc4cc3c3ccc4ccccc4c3c2cc1C#N.[C-]#[N+]c1c([N+]#[C-])c([N+]#[C-])c2cc3c4cc5ccccc5cc4c4cc(C#N)c(C#N)cc4c3cc2c1C#N.[C-]#[N+]c1cc(-c2c(-c3ccc4ccccc4c3)c3ccccc3c3ccccc23)c(C)cc1C#N. The van der Waals surface area contributed by atoms with E-state index < -0.39 is 0 Å². The Morgan fingerprint density at radius 3 is 0.902 bits per heavy atom. The number of aryl methyl sites for hydroxylation is 1. The average Bonchev–Trinajstić information content (AvgIpc) is 0.734. The molecule has 12 heteroatoms. The first-order valence-corrected chi connectivity index (χ1v) is 42.5. The molecule has 24 aromatic carbocycles. The van der Waals surface area contributed by atoms with Crippen molar-refractivity contribution >= 4 is 217 Å². The highest BCUT2D eigenvalue weighted by molar-refractivity contribution is 6.36. The zero-order valence-corrected chi connectivity index (χ0v) is 70.6. The Morgan fingerprint density at radius 1 is 0.195 bits per heavy atom. The molecule has 0 amide bonds. The van der Waals surface area contributed by atoms with Gasteiger partial charge in [-0.15, -0.1) is 0 Å². The monoisotopic (exact) mass is 1680 g/mol. The van der Waals surface area contributed by atoms with Gasteiger partial charge in [-0.25, -0.2) is 4.85 Å². The highest BCUT2D eigenvalue weighted by Crippen LogP contribution is 2.53. The molecule has 0 atom stereocenters. The third-order valence-electron chi connectivity index (χ3n) is 25.9. The summed E-state index contributed by atoms with van der Waals surface area (Å²) in [5.74, 6) is 0. The standard InChI is InChI=1S/C33H20N2.C32H10N6.2C28H14N2/c1-21-17-25(20-34)31(35-2)19-30(21)33-29-14-8-6-12-27(29)26-11-5-7-13-28(26)32(33)24-16-15-22-9-3-4-10-23(22)18-24;1-36-30-28-13-26-22-9-18-7-5-4-6-17(18)8-21(22)23-10-19(14-33)20(15-34)11-24(23)25(26)12-27(28)29(16-35)31(37-2)32(30)38-3;29-15-20-13-24-23-10-9-17-5-3-4-8-22(17)28(23)27-12-19-7-2-1-6-18(19)11-26(27)25(24)14-21(20)16-30;29-15-20-13-26-25-12-19-7-2-1-6-18(19)11-24(25)23-10-9-17-5-3-4-8-22(17)28(23)27(26)14-21(20)16-30/h3-19H,1H3;4-13H;2*1-14H. The number of hydrogen-bond acceptors (Lipinski definition) is 8. The quantitative estimate of drug-likeness (QED) is 0.0921. The van der Waals surface area contributed by atoms with E-state index in [-0.39, 0.29) is 33.8 Å². The van der Waals surface area contributed by atoms with E-state index in [1.807, 2.05) is 104 Å². The molecule has 24 aromatic rings. The summed E-state index contributed by atoms with van der Waals surface area (Å²) in [5, 5.41) is 115. The molecule has 12 nitrogen and oxygen atoms in total. The van der Waals surface area contributed by atoms with E-state index in [1.165, 1.54) is 59.2 Å². The molecule has 0 saturated carbocycles. The lowest BCUT2D eigenvalue weighted by atomic mass is 9.83. The summed E-state index contributed by atoms with van der Waals surface area (Å²) in [5.41, 5.74) is 8.12. The lowest BCUT2D eigenvalue weighted by molar-refractivity contribution is 1.43. The van der Waals surface area contributed by atoms with E-state index in [2.05, 4.69) is 286 Å². The zero-order chi connectivity index (χ0) is 91.0. The number of nitrogens with zero attached hydrogens (tertiary/aromatic N) is 12. The maximum atomic E-state index is 10.0. The Balaban J connectivity index is 0.000000107. The minimum absolute atomic E-state index is 0.0356. The van der Waals surface area contributed by atoms with E-state index in [1.54, 1.807) is 18.2 Å². The van der Waals surface area contributed by atoms with Gasteiger partial charge in [0.1, 0.15) is 36.4 Å². The van der Waals surface area contributed by atoms with Crippen LogP contribution in [0, 0.1) is 124 Å². The highest BCUT2D eigenvalue weighted by Gasteiger charge is 2.26. The van der Waals surface area contributed by atoms with Gasteiger partial charge >= 0.3 is 0 Å². The van der Waals surface area contributed by atoms with Crippen LogP contribution in [0.25, 0.3) is 236 Å². The maximum Gasteiger partial charge on any atom is 0.205 e. The van der Waals surface area contributed by atoms with Gasteiger partial charge in [0.2, 0.25) is 17.1 Å². The number of hydrogen-bond donors (Lipinski definition) is 0. The van der Waals surface area contributed by atoms with Crippen molar-refractivity contribution < 1.29 is 0 Å². The van der Waals surface area contributed by atoms with Crippen LogP contribution >= 0.6 is 0 Å². The molecule has 0 N–H and O–H groups in total.